The van der Waals surface area contributed by atoms with Crippen LogP contribution in [0.25, 0.3) is 0 Å². The molecular weight excluding hydrogens is 322 g/mol. The van der Waals surface area contributed by atoms with Crippen molar-refractivity contribution in [3.63, 3.8) is 0 Å². The minimum absolute atomic E-state index is 0.132. The van der Waals surface area contributed by atoms with E-state index in [-0.39, 0.29) is 10.7 Å². The average Bonchev–Trinajstić information content (AvgIpc) is 2.62. The van der Waals surface area contributed by atoms with Crippen LogP contribution in [0.4, 0.5) is 5.82 Å². The second-order valence-electron chi connectivity index (χ2n) is 3.59. The largest absolute Gasteiger partial charge is 0.281 e. The summed E-state index contributed by atoms with van der Waals surface area (Å²) < 4.78 is 27.2. The number of aromatic amines is 1. The van der Waals surface area contributed by atoms with Gasteiger partial charge in [-0.1, -0.05) is 0 Å². The molecule has 0 atom stereocenters. The van der Waals surface area contributed by atoms with E-state index < -0.39 is 10.0 Å². The SMILES string of the molecule is Cc1n[nH]c(C)c1S(=O)(=O)Nc1cnc(Br)cn1. The van der Waals surface area contributed by atoms with Crippen molar-refractivity contribution in [2.75, 3.05) is 4.72 Å². The summed E-state index contributed by atoms with van der Waals surface area (Å²) in [7, 11) is -3.71. The van der Waals surface area contributed by atoms with E-state index in [2.05, 4.69) is 40.8 Å². The van der Waals surface area contributed by atoms with E-state index >= 15 is 0 Å². The minimum atomic E-state index is -3.71. The van der Waals surface area contributed by atoms with Gasteiger partial charge in [-0.15, -0.1) is 0 Å². The summed E-state index contributed by atoms with van der Waals surface area (Å²) in [6, 6.07) is 0. The molecule has 0 bridgehead atoms. The molecule has 0 aliphatic rings. The average molecular weight is 332 g/mol. The Morgan fingerprint density at radius 1 is 1.28 bits per heavy atom. The van der Waals surface area contributed by atoms with Gasteiger partial charge in [0.1, 0.15) is 9.50 Å². The van der Waals surface area contributed by atoms with E-state index in [1.54, 1.807) is 13.8 Å². The Kier molecular flexibility index (Phi) is 3.35. The number of H-pyrrole nitrogens is 1. The molecule has 0 aliphatic heterocycles. The molecular formula is C9H10BrN5O2S. The first-order valence-electron chi connectivity index (χ1n) is 4.92. The van der Waals surface area contributed by atoms with Crippen molar-refractivity contribution in [2.45, 2.75) is 18.7 Å². The fourth-order valence-electron chi connectivity index (χ4n) is 1.49. The topological polar surface area (TPSA) is 101 Å². The second-order valence-corrected chi connectivity index (χ2v) is 6.02. The maximum atomic E-state index is 12.1. The van der Waals surface area contributed by atoms with Gasteiger partial charge in [0, 0.05) is 0 Å². The van der Waals surface area contributed by atoms with E-state index in [4.69, 9.17) is 0 Å². The number of sulfonamides is 1. The molecule has 2 rings (SSSR count). The number of nitrogens with one attached hydrogen (secondary N) is 2. The first kappa shape index (κ1) is 13.0. The number of hydrogen-bond donors (Lipinski definition) is 2. The van der Waals surface area contributed by atoms with Crippen molar-refractivity contribution < 1.29 is 8.42 Å². The summed E-state index contributed by atoms with van der Waals surface area (Å²) in [5, 5.41) is 6.48. The molecule has 0 saturated carbocycles. The molecule has 0 aromatic carbocycles. The molecule has 2 aromatic heterocycles. The first-order valence-corrected chi connectivity index (χ1v) is 7.19. The highest BCUT2D eigenvalue weighted by molar-refractivity contribution is 9.10. The molecule has 0 radical (unpaired) electrons. The van der Waals surface area contributed by atoms with Gasteiger partial charge < -0.3 is 0 Å². The van der Waals surface area contributed by atoms with E-state index in [0.29, 0.717) is 16.0 Å². The number of aromatic nitrogens is 4. The number of hydrogen-bond acceptors (Lipinski definition) is 5. The van der Waals surface area contributed by atoms with Crippen LogP contribution in [-0.2, 0) is 10.0 Å². The maximum Gasteiger partial charge on any atom is 0.266 e. The zero-order valence-corrected chi connectivity index (χ0v) is 12.0. The van der Waals surface area contributed by atoms with Crippen LogP contribution < -0.4 is 4.72 Å². The van der Waals surface area contributed by atoms with Crippen LogP contribution in [0.5, 0.6) is 0 Å². The quantitative estimate of drug-likeness (QED) is 0.884. The van der Waals surface area contributed by atoms with Crippen molar-refractivity contribution >= 4 is 31.8 Å². The Balaban J connectivity index is 2.36. The first-order chi connectivity index (χ1) is 8.40. The molecule has 7 nitrogen and oxygen atoms in total. The molecule has 96 valence electrons. The van der Waals surface area contributed by atoms with Crippen molar-refractivity contribution in [2.24, 2.45) is 0 Å². The van der Waals surface area contributed by atoms with Gasteiger partial charge in [-0.25, -0.2) is 18.4 Å². The van der Waals surface area contributed by atoms with E-state index in [1.807, 2.05) is 0 Å². The fraction of sp³-hybridized carbons (Fsp3) is 0.222. The molecule has 0 saturated heterocycles. The minimum Gasteiger partial charge on any atom is -0.281 e. The Morgan fingerprint density at radius 2 is 2.00 bits per heavy atom. The van der Waals surface area contributed by atoms with Crippen LogP contribution in [0.3, 0.4) is 0 Å². The lowest BCUT2D eigenvalue weighted by Crippen LogP contribution is -2.15. The summed E-state index contributed by atoms with van der Waals surface area (Å²) >= 11 is 3.12. The molecule has 9 heteroatoms. The van der Waals surface area contributed by atoms with Crippen LogP contribution in [0.2, 0.25) is 0 Å². The van der Waals surface area contributed by atoms with Gasteiger partial charge in [0.25, 0.3) is 10.0 Å². The lowest BCUT2D eigenvalue weighted by molar-refractivity contribution is 0.600. The monoisotopic (exact) mass is 331 g/mol. The number of aryl methyl sites for hydroxylation is 2. The molecule has 2 aromatic rings. The predicted molar refractivity (Wildman–Crippen MR) is 68.6 cm³/mol. The third kappa shape index (κ3) is 2.51. The van der Waals surface area contributed by atoms with Crippen molar-refractivity contribution in [3.05, 3.63) is 28.4 Å². The summed E-state index contributed by atoms with van der Waals surface area (Å²) in [5.41, 5.74) is 0.884. The Hall–Kier alpha value is -1.48. The molecule has 2 heterocycles. The van der Waals surface area contributed by atoms with Crippen LogP contribution in [0, 0.1) is 13.8 Å². The molecule has 2 N–H and O–H groups in total. The second kappa shape index (κ2) is 4.65. The number of nitrogens with zero attached hydrogens (tertiary/aromatic N) is 3. The maximum absolute atomic E-state index is 12.1. The Morgan fingerprint density at radius 3 is 2.50 bits per heavy atom. The molecule has 0 aliphatic carbocycles. The van der Waals surface area contributed by atoms with E-state index in [0.717, 1.165) is 0 Å². The van der Waals surface area contributed by atoms with Crippen LogP contribution in [-0.4, -0.2) is 28.6 Å². The summed E-state index contributed by atoms with van der Waals surface area (Å²) in [6.45, 7) is 3.26. The van der Waals surface area contributed by atoms with Crippen molar-refractivity contribution in [3.8, 4) is 0 Å². The molecule has 0 fully saturated rings. The number of halogens is 1. The van der Waals surface area contributed by atoms with Gasteiger partial charge in [-0.05, 0) is 29.8 Å². The third-order valence-corrected chi connectivity index (χ3v) is 4.21. The number of anilines is 1. The van der Waals surface area contributed by atoms with E-state index in [1.165, 1.54) is 12.4 Å². The van der Waals surface area contributed by atoms with Crippen molar-refractivity contribution in [1.82, 2.24) is 20.2 Å². The summed E-state index contributed by atoms with van der Waals surface area (Å²) in [4.78, 5) is 7.93. The van der Waals surface area contributed by atoms with Gasteiger partial charge in [0.15, 0.2) is 5.82 Å². The lowest BCUT2D eigenvalue weighted by atomic mass is 10.4. The van der Waals surface area contributed by atoms with E-state index in [9.17, 15) is 8.42 Å². The molecule has 0 unspecified atom stereocenters. The fourth-order valence-corrected chi connectivity index (χ4v) is 3.06. The van der Waals surface area contributed by atoms with Gasteiger partial charge in [0.05, 0.1) is 23.8 Å². The Bertz CT molecular complexity index is 645. The lowest BCUT2D eigenvalue weighted by Gasteiger charge is -2.06. The standard InChI is InChI=1S/C9H10BrN5O2S/c1-5-9(6(2)14-13-5)18(16,17)15-8-4-11-7(10)3-12-8/h3-4H,1-2H3,(H,12,15)(H,13,14). The highest BCUT2D eigenvalue weighted by Crippen LogP contribution is 2.19. The normalized spacial score (nSPS) is 11.5. The predicted octanol–water partition coefficient (Wildman–Crippen LogP) is 1.38. The van der Waals surface area contributed by atoms with Crippen molar-refractivity contribution in [1.29, 1.82) is 0 Å². The highest BCUT2D eigenvalue weighted by Gasteiger charge is 2.22. The van der Waals surface area contributed by atoms with Gasteiger partial charge in [0.2, 0.25) is 0 Å². The van der Waals surface area contributed by atoms with Gasteiger partial charge in [-0.2, -0.15) is 5.10 Å². The summed E-state index contributed by atoms with van der Waals surface area (Å²) in [6.07, 6.45) is 2.74. The van der Waals surface area contributed by atoms with Crippen LogP contribution in [0.1, 0.15) is 11.4 Å². The molecule has 18 heavy (non-hydrogen) atoms. The number of rotatable bonds is 3. The summed E-state index contributed by atoms with van der Waals surface area (Å²) in [5.74, 6) is 0.151. The Labute approximate surface area is 112 Å². The third-order valence-electron chi connectivity index (χ3n) is 2.19. The zero-order chi connectivity index (χ0) is 13.3. The van der Waals surface area contributed by atoms with Gasteiger partial charge >= 0.3 is 0 Å². The van der Waals surface area contributed by atoms with Gasteiger partial charge in [-0.3, -0.25) is 9.82 Å². The molecule has 0 spiro atoms. The molecule has 0 amide bonds. The highest BCUT2D eigenvalue weighted by atomic mass is 79.9. The van der Waals surface area contributed by atoms with Crippen LogP contribution in [0.15, 0.2) is 21.9 Å². The smallest absolute Gasteiger partial charge is 0.266 e. The zero-order valence-electron chi connectivity index (χ0n) is 9.60. The van der Waals surface area contributed by atoms with Crippen LogP contribution >= 0.6 is 15.9 Å².